The summed E-state index contributed by atoms with van der Waals surface area (Å²) in [6.07, 6.45) is 1.39. The van der Waals surface area contributed by atoms with Crippen molar-refractivity contribution in [3.8, 4) is 0 Å². The van der Waals surface area contributed by atoms with Gasteiger partial charge in [-0.1, -0.05) is 24.3 Å². The van der Waals surface area contributed by atoms with Crippen LogP contribution in [-0.4, -0.2) is 34.4 Å². The Labute approximate surface area is 134 Å². The van der Waals surface area contributed by atoms with Crippen LogP contribution in [-0.2, 0) is 4.79 Å². The summed E-state index contributed by atoms with van der Waals surface area (Å²) in [6.45, 7) is 1.66. The molecule has 0 amide bonds. The molecule has 21 heavy (non-hydrogen) atoms. The average Bonchev–Trinajstić information content (AvgIpc) is 2.44. The molecular formula is C14H16ClNO4S. The summed E-state index contributed by atoms with van der Waals surface area (Å²) in [4.78, 5) is 32.7. The zero-order valence-electron chi connectivity index (χ0n) is 11.3. The Kier molecular flexibility index (Phi) is 7.94. The summed E-state index contributed by atoms with van der Waals surface area (Å²) in [6, 6.07) is 6.08. The minimum Gasteiger partial charge on any atom is -0.480 e. The molecule has 0 radical (unpaired) electrons. The molecule has 1 aliphatic rings. The van der Waals surface area contributed by atoms with Crippen LogP contribution >= 0.6 is 25.0 Å². The van der Waals surface area contributed by atoms with Gasteiger partial charge in [0.1, 0.15) is 6.04 Å². The van der Waals surface area contributed by atoms with Crippen LogP contribution in [0.1, 0.15) is 27.6 Å². The van der Waals surface area contributed by atoms with E-state index in [4.69, 9.17) is 10.8 Å². The molecule has 0 spiro atoms. The van der Waals surface area contributed by atoms with E-state index in [9.17, 15) is 14.4 Å². The predicted octanol–water partition coefficient (Wildman–Crippen LogP) is 1.76. The highest BCUT2D eigenvalue weighted by Gasteiger charge is 2.21. The van der Waals surface area contributed by atoms with E-state index in [0.29, 0.717) is 16.7 Å². The van der Waals surface area contributed by atoms with Gasteiger partial charge in [0.25, 0.3) is 0 Å². The lowest BCUT2D eigenvalue weighted by atomic mass is 9.90. The van der Waals surface area contributed by atoms with Crippen LogP contribution in [0.25, 0.3) is 0 Å². The summed E-state index contributed by atoms with van der Waals surface area (Å²) in [5.41, 5.74) is 6.49. The van der Waals surface area contributed by atoms with Crippen LogP contribution in [0.15, 0.2) is 35.9 Å². The van der Waals surface area contributed by atoms with Crippen LogP contribution in [0.2, 0.25) is 0 Å². The van der Waals surface area contributed by atoms with Crippen molar-refractivity contribution in [1.29, 1.82) is 0 Å². The molecule has 0 heterocycles. The summed E-state index contributed by atoms with van der Waals surface area (Å²) >= 11 is 3.65. The van der Waals surface area contributed by atoms with Crippen molar-refractivity contribution in [3.63, 3.8) is 0 Å². The normalized spacial score (nSPS) is 14.0. The number of fused-ring (bicyclic) bond motifs is 1. The van der Waals surface area contributed by atoms with Crippen molar-refractivity contribution in [2.45, 2.75) is 13.0 Å². The topological polar surface area (TPSA) is 97.5 Å². The van der Waals surface area contributed by atoms with E-state index in [0.717, 1.165) is 0 Å². The second-order valence-electron chi connectivity index (χ2n) is 4.19. The van der Waals surface area contributed by atoms with Gasteiger partial charge in [0, 0.05) is 22.5 Å². The molecule has 0 aromatic heterocycles. The number of aliphatic carboxylic acids is 1. The number of carboxylic acid groups (broad SMARTS) is 1. The molecule has 5 nitrogen and oxygen atoms in total. The quantitative estimate of drug-likeness (QED) is 0.718. The number of allylic oxidation sites excluding steroid dienone is 2. The van der Waals surface area contributed by atoms with E-state index in [2.05, 4.69) is 12.6 Å². The predicted molar refractivity (Wildman–Crippen MR) is 85.6 cm³/mol. The van der Waals surface area contributed by atoms with Crippen molar-refractivity contribution < 1.29 is 19.5 Å². The molecule has 0 fully saturated rings. The number of carbonyl (C=O) groups is 3. The number of hydrogen-bond donors (Lipinski definition) is 3. The third-order valence-electron chi connectivity index (χ3n) is 2.66. The fourth-order valence-corrected chi connectivity index (χ4v) is 1.68. The van der Waals surface area contributed by atoms with Crippen LogP contribution < -0.4 is 5.73 Å². The standard InChI is InChI=1S/C11H8O2.C3H7NO2S.ClH/c1-7-6-10(12)8-4-2-3-5-9(8)11(7)13;4-2(1-7)3(5)6;/h2-6H,1H3;2,7H,1,4H2,(H,5,6);1H/t;2-;/m.0./s1. The molecule has 114 valence electrons. The summed E-state index contributed by atoms with van der Waals surface area (Å²) in [5.74, 6) is -0.937. The number of ketones is 2. The first kappa shape index (κ1) is 19.4. The number of Topliss-reactive ketones (excluding diaryl/α,β-unsaturated/α-hetero) is 1. The molecule has 0 bridgehead atoms. The number of rotatable bonds is 2. The van der Waals surface area contributed by atoms with Gasteiger partial charge in [-0.2, -0.15) is 12.6 Å². The molecule has 7 heteroatoms. The van der Waals surface area contributed by atoms with Gasteiger partial charge in [-0.05, 0) is 13.0 Å². The Hall–Kier alpha value is -1.63. The van der Waals surface area contributed by atoms with Crippen LogP contribution in [0.4, 0.5) is 0 Å². The zero-order chi connectivity index (χ0) is 15.3. The van der Waals surface area contributed by atoms with Gasteiger partial charge in [0.2, 0.25) is 0 Å². The van der Waals surface area contributed by atoms with Crippen LogP contribution in [0, 0.1) is 0 Å². The molecule has 3 N–H and O–H groups in total. The Balaban J connectivity index is 0.000000436. The lowest BCUT2D eigenvalue weighted by molar-refractivity contribution is -0.137. The molecule has 0 aliphatic heterocycles. The molecule has 2 rings (SSSR count). The number of thiol groups is 1. The SMILES string of the molecule is CC1=CC(=O)c2ccccc2C1=O.Cl.N[C@@H](CS)C(=O)O. The number of hydrogen-bond acceptors (Lipinski definition) is 5. The van der Waals surface area contributed by atoms with Crippen molar-refractivity contribution >= 4 is 42.6 Å². The number of carbonyl (C=O) groups excluding carboxylic acids is 2. The van der Waals surface area contributed by atoms with Gasteiger partial charge >= 0.3 is 5.97 Å². The van der Waals surface area contributed by atoms with Crippen molar-refractivity contribution in [1.82, 2.24) is 0 Å². The van der Waals surface area contributed by atoms with E-state index in [1.807, 2.05) is 0 Å². The van der Waals surface area contributed by atoms with Crippen molar-refractivity contribution in [2.24, 2.45) is 5.73 Å². The van der Waals surface area contributed by atoms with E-state index >= 15 is 0 Å². The van der Waals surface area contributed by atoms with Gasteiger partial charge in [-0.3, -0.25) is 14.4 Å². The maximum absolute atomic E-state index is 11.5. The van der Waals surface area contributed by atoms with Gasteiger partial charge in [-0.25, -0.2) is 0 Å². The van der Waals surface area contributed by atoms with Crippen molar-refractivity contribution in [3.05, 3.63) is 47.0 Å². The highest BCUT2D eigenvalue weighted by Crippen LogP contribution is 2.20. The minimum atomic E-state index is -1.00. The van der Waals surface area contributed by atoms with Gasteiger partial charge in [0.15, 0.2) is 11.6 Å². The monoisotopic (exact) mass is 329 g/mol. The molecule has 1 aromatic rings. The zero-order valence-corrected chi connectivity index (χ0v) is 13.0. The van der Waals surface area contributed by atoms with E-state index in [-0.39, 0.29) is 29.7 Å². The number of halogens is 1. The second kappa shape index (κ2) is 8.61. The first-order valence-electron chi connectivity index (χ1n) is 5.84. The van der Waals surface area contributed by atoms with Gasteiger partial charge in [-0.15, -0.1) is 12.4 Å². The molecule has 1 atom stereocenters. The molecule has 0 saturated carbocycles. The third kappa shape index (κ3) is 5.00. The summed E-state index contributed by atoms with van der Waals surface area (Å²) in [7, 11) is 0. The summed E-state index contributed by atoms with van der Waals surface area (Å²) < 4.78 is 0. The minimum absolute atomic E-state index is 0. The fourth-order valence-electron chi connectivity index (χ4n) is 1.53. The maximum atomic E-state index is 11.5. The Morgan fingerprint density at radius 2 is 1.81 bits per heavy atom. The lowest BCUT2D eigenvalue weighted by Gasteiger charge is -2.11. The van der Waals surface area contributed by atoms with E-state index in [1.165, 1.54) is 6.08 Å². The lowest BCUT2D eigenvalue weighted by Crippen LogP contribution is -2.31. The molecule has 0 unspecified atom stereocenters. The molecular weight excluding hydrogens is 314 g/mol. The Morgan fingerprint density at radius 1 is 1.29 bits per heavy atom. The maximum Gasteiger partial charge on any atom is 0.321 e. The highest BCUT2D eigenvalue weighted by molar-refractivity contribution is 7.80. The van der Waals surface area contributed by atoms with Crippen LogP contribution in [0.3, 0.4) is 0 Å². The largest absolute Gasteiger partial charge is 0.480 e. The fraction of sp³-hybridized carbons (Fsp3) is 0.214. The first-order valence-corrected chi connectivity index (χ1v) is 6.47. The molecule has 1 aliphatic carbocycles. The van der Waals surface area contributed by atoms with E-state index < -0.39 is 12.0 Å². The second-order valence-corrected chi connectivity index (χ2v) is 4.56. The van der Waals surface area contributed by atoms with Gasteiger partial charge in [0.05, 0.1) is 0 Å². The van der Waals surface area contributed by atoms with Crippen LogP contribution in [0.5, 0.6) is 0 Å². The first-order chi connectivity index (χ1) is 9.38. The van der Waals surface area contributed by atoms with E-state index in [1.54, 1.807) is 31.2 Å². The molecule has 1 aromatic carbocycles. The summed E-state index contributed by atoms with van der Waals surface area (Å²) in [5, 5.41) is 8.01. The highest BCUT2D eigenvalue weighted by atomic mass is 35.5. The Bertz CT molecular complexity index is 586. The average molecular weight is 330 g/mol. The smallest absolute Gasteiger partial charge is 0.321 e. The number of carboxylic acids is 1. The Morgan fingerprint density at radius 3 is 2.24 bits per heavy atom. The number of nitrogens with two attached hydrogens (primary N) is 1. The molecule has 0 saturated heterocycles. The number of benzene rings is 1. The van der Waals surface area contributed by atoms with Gasteiger partial charge < -0.3 is 10.8 Å². The van der Waals surface area contributed by atoms with Crippen molar-refractivity contribution in [2.75, 3.05) is 5.75 Å². The third-order valence-corrected chi connectivity index (χ3v) is 3.05.